The van der Waals surface area contributed by atoms with E-state index in [4.69, 9.17) is 10.8 Å². The molecule has 0 spiro atoms. The van der Waals surface area contributed by atoms with Crippen LogP contribution in [0.4, 0.5) is 5.95 Å². The number of hydrogen-bond acceptors (Lipinski definition) is 4. The number of anilines is 1. The van der Waals surface area contributed by atoms with Gasteiger partial charge in [0.05, 0.1) is 17.8 Å². The Morgan fingerprint density at radius 1 is 0.913 bits per heavy atom. The van der Waals surface area contributed by atoms with Crippen LogP contribution in [0.1, 0.15) is 5.56 Å². The number of nitrogens with two attached hydrogens (primary N) is 1. The predicted octanol–water partition coefficient (Wildman–Crippen LogP) is 3.12. The van der Waals surface area contributed by atoms with E-state index in [1.165, 1.54) is 5.56 Å². The number of para-hydroxylation sites is 1. The van der Waals surface area contributed by atoms with Gasteiger partial charge in [-0.3, -0.25) is 4.68 Å². The van der Waals surface area contributed by atoms with Gasteiger partial charge in [0.25, 0.3) is 0 Å². The highest BCUT2D eigenvalue weighted by atomic mass is 15.3. The zero-order valence-electron chi connectivity index (χ0n) is 12.4. The van der Waals surface area contributed by atoms with Crippen LogP contribution in [-0.2, 0) is 6.54 Å². The molecule has 0 bridgehead atoms. The summed E-state index contributed by atoms with van der Waals surface area (Å²) in [5.74, 6) is 0.254. The van der Waals surface area contributed by atoms with Crippen molar-refractivity contribution in [3.8, 4) is 11.4 Å². The lowest BCUT2D eigenvalue weighted by atomic mass is 10.1. The van der Waals surface area contributed by atoms with Gasteiger partial charge in [0.15, 0.2) is 0 Å². The average Bonchev–Trinajstić information content (AvgIpc) is 2.95. The van der Waals surface area contributed by atoms with Crippen LogP contribution in [-0.4, -0.2) is 19.7 Å². The van der Waals surface area contributed by atoms with Crippen LogP contribution >= 0.6 is 0 Å². The molecule has 4 aromatic rings. The molecule has 2 aromatic carbocycles. The molecule has 0 atom stereocenters. The Bertz CT molecular complexity index is 959. The zero-order valence-corrected chi connectivity index (χ0v) is 12.4. The highest BCUT2D eigenvalue weighted by Gasteiger charge is 2.13. The molecule has 0 aliphatic heterocycles. The van der Waals surface area contributed by atoms with E-state index in [0.717, 1.165) is 22.3 Å². The SMILES string of the molecule is Nc1nccc(-c2nn(Cc3ccccc3)c3ccccc23)n1. The summed E-state index contributed by atoms with van der Waals surface area (Å²) in [6.45, 7) is 0.710. The van der Waals surface area contributed by atoms with Gasteiger partial charge in [-0.1, -0.05) is 48.5 Å². The van der Waals surface area contributed by atoms with E-state index in [9.17, 15) is 0 Å². The highest BCUT2D eigenvalue weighted by Crippen LogP contribution is 2.27. The van der Waals surface area contributed by atoms with Gasteiger partial charge in [-0.2, -0.15) is 5.10 Å². The first-order valence-electron chi connectivity index (χ1n) is 7.39. The third-order valence-electron chi connectivity index (χ3n) is 3.75. The molecule has 5 heteroatoms. The maximum atomic E-state index is 5.71. The monoisotopic (exact) mass is 301 g/mol. The summed E-state index contributed by atoms with van der Waals surface area (Å²) in [5, 5.41) is 5.82. The van der Waals surface area contributed by atoms with Crippen molar-refractivity contribution in [3.63, 3.8) is 0 Å². The Morgan fingerprint density at radius 2 is 1.70 bits per heavy atom. The molecule has 0 saturated heterocycles. The molecule has 0 unspecified atom stereocenters. The second-order valence-electron chi connectivity index (χ2n) is 5.31. The predicted molar refractivity (Wildman–Crippen MR) is 90.7 cm³/mol. The lowest BCUT2D eigenvalue weighted by Gasteiger charge is -2.03. The van der Waals surface area contributed by atoms with E-state index in [1.54, 1.807) is 6.20 Å². The summed E-state index contributed by atoms with van der Waals surface area (Å²) < 4.78 is 2.00. The van der Waals surface area contributed by atoms with Crippen molar-refractivity contribution in [1.29, 1.82) is 0 Å². The fourth-order valence-electron chi connectivity index (χ4n) is 2.70. The summed E-state index contributed by atoms with van der Waals surface area (Å²) >= 11 is 0. The van der Waals surface area contributed by atoms with Crippen LogP contribution in [0, 0.1) is 0 Å². The molecule has 0 radical (unpaired) electrons. The average molecular weight is 301 g/mol. The van der Waals surface area contributed by atoms with Crippen LogP contribution in [0.2, 0.25) is 0 Å². The molecule has 5 nitrogen and oxygen atoms in total. The second kappa shape index (κ2) is 5.53. The van der Waals surface area contributed by atoms with E-state index in [2.05, 4.69) is 34.2 Å². The number of hydrogen-bond donors (Lipinski definition) is 1. The second-order valence-corrected chi connectivity index (χ2v) is 5.31. The number of nitrogens with zero attached hydrogens (tertiary/aromatic N) is 4. The minimum atomic E-state index is 0.254. The van der Waals surface area contributed by atoms with Gasteiger partial charge >= 0.3 is 0 Å². The minimum absolute atomic E-state index is 0.254. The first kappa shape index (κ1) is 13.5. The van der Waals surface area contributed by atoms with Gasteiger partial charge in [0.1, 0.15) is 5.69 Å². The molecule has 2 N–H and O–H groups in total. The summed E-state index contributed by atoms with van der Waals surface area (Å²) in [6.07, 6.45) is 1.66. The summed E-state index contributed by atoms with van der Waals surface area (Å²) in [6, 6.07) is 20.3. The first-order valence-corrected chi connectivity index (χ1v) is 7.39. The van der Waals surface area contributed by atoms with E-state index in [-0.39, 0.29) is 5.95 Å². The van der Waals surface area contributed by atoms with Crippen molar-refractivity contribution in [2.45, 2.75) is 6.54 Å². The quantitative estimate of drug-likeness (QED) is 0.631. The fraction of sp³-hybridized carbons (Fsp3) is 0.0556. The molecular formula is C18H15N5. The van der Waals surface area contributed by atoms with Crippen LogP contribution in [0.15, 0.2) is 66.9 Å². The Kier molecular flexibility index (Phi) is 3.24. The smallest absolute Gasteiger partial charge is 0.220 e. The Labute approximate surface area is 133 Å². The number of fused-ring (bicyclic) bond motifs is 1. The Balaban J connectivity index is 1.86. The molecule has 0 saturated carbocycles. The third-order valence-corrected chi connectivity index (χ3v) is 3.75. The normalized spacial score (nSPS) is 11.0. The van der Waals surface area contributed by atoms with Crippen molar-refractivity contribution in [2.75, 3.05) is 5.73 Å². The van der Waals surface area contributed by atoms with Crippen molar-refractivity contribution in [1.82, 2.24) is 19.7 Å². The van der Waals surface area contributed by atoms with Crippen molar-refractivity contribution in [3.05, 3.63) is 72.4 Å². The molecule has 0 aliphatic carbocycles. The number of benzene rings is 2. The van der Waals surface area contributed by atoms with Crippen LogP contribution in [0.3, 0.4) is 0 Å². The van der Waals surface area contributed by atoms with Crippen LogP contribution in [0.25, 0.3) is 22.3 Å². The molecule has 2 heterocycles. The summed E-state index contributed by atoms with van der Waals surface area (Å²) in [4.78, 5) is 8.26. The van der Waals surface area contributed by atoms with Crippen molar-refractivity contribution in [2.24, 2.45) is 0 Å². The summed E-state index contributed by atoms with van der Waals surface area (Å²) in [5.41, 5.74) is 9.55. The molecular weight excluding hydrogens is 286 g/mol. The Hall–Kier alpha value is -3.21. The minimum Gasteiger partial charge on any atom is -0.368 e. The third kappa shape index (κ3) is 2.53. The summed E-state index contributed by atoms with van der Waals surface area (Å²) in [7, 11) is 0. The van der Waals surface area contributed by atoms with E-state index in [1.807, 2.05) is 41.1 Å². The number of rotatable bonds is 3. The van der Waals surface area contributed by atoms with Crippen molar-refractivity contribution < 1.29 is 0 Å². The lowest BCUT2D eigenvalue weighted by molar-refractivity contribution is 0.714. The van der Waals surface area contributed by atoms with Crippen LogP contribution in [0.5, 0.6) is 0 Å². The molecule has 0 aliphatic rings. The molecule has 0 amide bonds. The first-order chi connectivity index (χ1) is 11.3. The van der Waals surface area contributed by atoms with Crippen LogP contribution < -0.4 is 5.73 Å². The fourth-order valence-corrected chi connectivity index (χ4v) is 2.70. The van der Waals surface area contributed by atoms with Gasteiger partial charge in [-0.15, -0.1) is 0 Å². The van der Waals surface area contributed by atoms with E-state index in [0.29, 0.717) is 6.54 Å². The maximum absolute atomic E-state index is 5.71. The molecule has 23 heavy (non-hydrogen) atoms. The number of aromatic nitrogens is 4. The van der Waals surface area contributed by atoms with Gasteiger partial charge in [0.2, 0.25) is 5.95 Å². The molecule has 0 fully saturated rings. The lowest BCUT2D eigenvalue weighted by Crippen LogP contribution is -2.02. The maximum Gasteiger partial charge on any atom is 0.220 e. The van der Waals surface area contributed by atoms with Gasteiger partial charge in [-0.25, -0.2) is 9.97 Å². The van der Waals surface area contributed by atoms with Gasteiger partial charge < -0.3 is 5.73 Å². The van der Waals surface area contributed by atoms with Gasteiger partial charge in [-0.05, 0) is 17.7 Å². The molecule has 2 aromatic heterocycles. The van der Waals surface area contributed by atoms with Crippen molar-refractivity contribution >= 4 is 16.9 Å². The molecule has 4 rings (SSSR count). The standard InChI is InChI=1S/C18H15N5/c19-18-20-11-10-15(21-18)17-14-8-4-5-9-16(14)23(22-17)12-13-6-2-1-3-7-13/h1-11H,12H2,(H2,19,20,21). The molecule has 112 valence electrons. The zero-order chi connectivity index (χ0) is 15.6. The largest absolute Gasteiger partial charge is 0.368 e. The topological polar surface area (TPSA) is 69.6 Å². The highest BCUT2D eigenvalue weighted by molar-refractivity contribution is 5.92. The number of nitrogen functional groups attached to an aromatic ring is 1. The van der Waals surface area contributed by atoms with Gasteiger partial charge in [0, 0.05) is 11.6 Å². The van der Waals surface area contributed by atoms with E-state index >= 15 is 0 Å². The Morgan fingerprint density at radius 3 is 2.52 bits per heavy atom. The van der Waals surface area contributed by atoms with E-state index < -0.39 is 0 Å².